The first-order valence-electron chi connectivity index (χ1n) is 13.6. The van der Waals surface area contributed by atoms with Gasteiger partial charge in [-0.3, -0.25) is 14.5 Å². The summed E-state index contributed by atoms with van der Waals surface area (Å²) in [4.78, 5) is 36.5. The van der Waals surface area contributed by atoms with Crippen LogP contribution in [0.4, 0.5) is 5.95 Å². The molecule has 1 aliphatic heterocycles. The number of fused-ring (bicyclic) bond motifs is 1. The predicted molar refractivity (Wildman–Crippen MR) is 160 cm³/mol. The second-order valence-corrected chi connectivity index (χ2v) is 11.7. The molecule has 0 aliphatic carbocycles. The van der Waals surface area contributed by atoms with Crippen molar-refractivity contribution in [1.29, 1.82) is 0 Å². The monoisotopic (exact) mass is 553 g/mol. The summed E-state index contributed by atoms with van der Waals surface area (Å²) in [5.74, 6) is -0.281. The second kappa shape index (κ2) is 10.4. The molecule has 1 aromatic heterocycles. The number of amides is 1. The van der Waals surface area contributed by atoms with Gasteiger partial charge in [0.2, 0.25) is 5.95 Å². The van der Waals surface area contributed by atoms with Crippen LogP contribution < -0.4 is 14.4 Å². The van der Waals surface area contributed by atoms with E-state index in [0.29, 0.717) is 28.1 Å². The second-order valence-electron chi connectivity index (χ2n) is 11.7. The minimum absolute atomic E-state index is 0.0161. The number of aromatic nitrogens is 2. The molecule has 8 nitrogen and oxygen atoms in total. The third-order valence-electron chi connectivity index (χ3n) is 7.15. The Morgan fingerprint density at radius 2 is 1.73 bits per heavy atom. The normalized spacial score (nSPS) is 17.1. The van der Waals surface area contributed by atoms with Crippen LogP contribution >= 0.6 is 0 Å². The Morgan fingerprint density at radius 3 is 2.37 bits per heavy atom. The zero-order valence-corrected chi connectivity index (χ0v) is 24.4. The van der Waals surface area contributed by atoms with Crippen molar-refractivity contribution < 1.29 is 24.2 Å². The van der Waals surface area contributed by atoms with Crippen molar-refractivity contribution in [2.24, 2.45) is 0 Å². The van der Waals surface area contributed by atoms with E-state index in [1.54, 1.807) is 43.5 Å². The number of rotatable bonds is 6. The lowest BCUT2D eigenvalue weighted by Gasteiger charge is -2.24. The van der Waals surface area contributed by atoms with E-state index in [0.717, 1.165) is 16.6 Å². The van der Waals surface area contributed by atoms with Crippen LogP contribution in [0.2, 0.25) is 0 Å². The number of aliphatic hydroxyl groups is 1. The van der Waals surface area contributed by atoms with Crippen molar-refractivity contribution in [3.63, 3.8) is 0 Å². The molecule has 4 aromatic rings. The summed E-state index contributed by atoms with van der Waals surface area (Å²) in [5.41, 5.74) is 4.02. The van der Waals surface area contributed by atoms with Crippen LogP contribution in [0.5, 0.6) is 11.5 Å². The molecule has 5 rings (SSSR count). The number of anilines is 1. The zero-order valence-electron chi connectivity index (χ0n) is 24.4. The number of aryl methyl sites for hydroxylation is 1. The number of nitrogens with zero attached hydrogens (tertiary/aromatic N) is 2. The van der Waals surface area contributed by atoms with Gasteiger partial charge in [-0.05, 0) is 79.8 Å². The summed E-state index contributed by atoms with van der Waals surface area (Å²) < 4.78 is 11.4. The van der Waals surface area contributed by atoms with Gasteiger partial charge in [-0.2, -0.15) is 0 Å². The quantitative estimate of drug-likeness (QED) is 0.159. The van der Waals surface area contributed by atoms with E-state index < -0.39 is 17.7 Å². The molecule has 1 unspecified atom stereocenters. The molecule has 0 spiro atoms. The average molecular weight is 554 g/mol. The number of H-pyrrole nitrogens is 1. The number of imidazole rings is 1. The highest BCUT2D eigenvalue weighted by Crippen LogP contribution is 2.43. The lowest BCUT2D eigenvalue weighted by atomic mass is 9.84. The molecule has 2 N–H and O–H groups in total. The Morgan fingerprint density at radius 1 is 1.02 bits per heavy atom. The number of aliphatic hydroxyl groups excluding tert-OH is 1. The fraction of sp³-hybridized carbons (Fsp3) is 0.303. The number of nitrogens with one attached hydrogen (secondary N) is 1. The third kappa shape index (κ3) is 5.17. The van der Waals surface area contributed by atoms with Crippen molar-refractivity contribution >= 4 is 34.4 Å². The highest BCUT2D eigenvalue weighted by molar-refractivity contribution is 6.51. The van der Waals surface area contributed by atoms with E-state index in [2.05, 4.69) is 9.97 Å². The maximum absolute atomic E-state index is 13.7. The molecule has 1 atom stereocenters. The Bertz CT molecular complexity index is 1680. The van der Waals surface area contributed by atoms with Crippen LogP contribution in [0.15, 0.2) is 66.2 Å². The van der Waals surface area contributed by atoms with Crippen molar-refractivity contribution in [3.05, 3.63) is 88.5 Å². The maximum Gasteiger partial charge on any atom is 0.302 e. The number of Topliss-reactive ketones (excluding diaryl/α,β-unsaturated/α-hetero) is 1. The first kappa shape index (κ1) is 28.0. The van der Waals surface area contributed by atoms with Crippen LogP contribution in [0.3, 0.4) is 0 Å². The van der Waals surface area contributed by atoms with Gasteiger partial charge >= 0.3 is 5.91 Å². The molecule has 1 saturated heterocycles. The first-order valence-corrected chi connectivity index (χ1v) is 13.6. The highest BCUT2D eigenvalue weighted by atomic mass is 16.5. The van der Waals surface area contributed by atoms with Gasteiger partial charge in [0.1, 0.15) is 17.3 Å². The van der Waals surface area contributed by atoms with Crippen LogP contribution in [0.25, 0.3) is 16.8 Å². The Hall–Kier alpha value is -4.59. The molecule has 3 aromatic carbocycles. The molecule has 0 saturated carbocycles. The number of methoxy groups -OCH3 is 1. The van der Waals surface area contributed by atoms with Crippen molar-refractivity contribution in [1.82, 2.24) is 9.97 Å². The van der Waals surface area contributed by atoms with Crippen LogP contribution in [0.1, 0.15) is 62.9 Å². The first-order chi connectivity index (χ1) is 19.4. The molecule has 1 amide bonds. The number of carbonyl (C=O) groups is 2. The van der Waals surface area contributed by atoms with E-state index in [1.807, 2.05) is 65.8 Å². The van der Waals surface area contributed by atoms with Gasteiger partial charge in [-0.25, -0.2) is 4.98 Å². The van der Waals surface area contributed by atoms with Crippen LogP contribution in [-0.4, -0.2) is 40.0 Å². The Balaban J connectivity index is 1.71. The smallest absolute Gasteiger partial charge is 0.302 e. The number of ketones is 1. The minimum atomic E-state index is -0.926. The highest BCUT2D eigenvalue weighted by Gasteiger charge is 2.48. The lowest BCUT2D eigenvalue weighted by molar-refractivity contribution is -0.132. The van der Waals surface area contributed by atoms with Crippen LogP contribution in [-0.2, 0) is 15.0 Å². The molecule has 1 aliphatic rings. The van der Waals surface area contributed by atoms with Gasteiger partial charge in [-0.15, -0.1) is 0 Å². The van der Waals surface area contributed by atoms with Crippen molar-refractivity contribution in [2.75, 3.05) is 12.0 Å². The van der Waals surface area contributed by atoms with E-state index >= 15 is 0 Å². The number of hydrogen-bond acceptors (Lipinski definition) is 6. The summed E-state index contributed by atoms with van der Waals surface area (Å²) in [6.07, 6.45) is -0.0161. The predicted octanol–water partition coefficient (Wildman–Crippen LogP) is 6.59. The van der Waals surface area contributed by atoms with Gasteiger partial charge in [0, 0.05) is 11.1 Å². The van der Waals surface area contributed by atoms with E-state index in [1.165, 1.54) is 4.90 Å². The molecule has 8 heteroatoms. The number of benzene rings is 3. The molecular weight excluding hydrogens is 518 g/mol. The Kier molecular flexibility index (Phi) is 7.11. The molecule has 2 heterocycles. The van der Waals surface area contributed by atoms with Gasteiger partial charge < -0.3 is 19.6 Å². The summed E-state index contributed by atoms with van der Waals surface area (Å²) in [5, 5.41) is 11.7. The molecule has 1 fully saturated rings. The summed E-state index contributed by atoms with van der Waals surface area (Å²) >= 11 is 0. The molecule has 41 heavy (non-hydrogen) atoms. The zero-order chi connectivity index (χ0) is 29.6. The van der Waals surface area contributed by atoms with Gasteiger partial charge in [-0.1, -0.05) is 39.0 Å². The molecule has 0 bridgehead atoms. The Labute approximate surface area is 239 Å². The fourth-order valence-electron chi connectivity index (χ4n) is 5.19. The van der Waals surface area contributed by atoms with Crippen LogP contribution in [0, 0.1) is 6.92 Å². The number of hydrogen-bond donors (Lipinski definition) is 2. The number of ether oxygens (including phenoxy) is 2. The van der Waals surface area contributed by atoms with Crippen molar-refractivity contribution in [3.8, 4) is 11.5 Å². The maximum atomic E-state index is 13.7. The summed E-state index contributed by atoms with van der Waals surface area (Å²) in [6.45, 7) is 12.0. The van der Waals surface area contributed by atoms with Gasteiger partial charge in [0.15, 0.2) is 0 Å². The summed E-state index contributed by atoms with van der Waals surface area (Å²) in [6, 6.07) is 17.3. The largest absolute Gasteiger partial charge is 0.507 e. The topological polar surface area (TPSA) is 105 Å². The average Bonchev–Trinajstić information content (AvgIpc) is 3.45. The third-order valence-corrected chi connectivity index (χ3v) is 7.15. The van der Waals surface area contributed by atoms with Crippen molar-refractivity contribution in [2.45, 2.75) is 59.1 Å². The minimum Gasteiger partial charge on any atom is -0.507 e. The van der Waals surface area contributed by atoms with E-state index in [-0.39, 0.29) is 28.8 Å². The van der Waals surface area contributed by atoms with Gasteiger partial charge in [0.05, 0.1) is 35.9 Å². The lowest BCUT2D eigenvalue weighted by Crippen LogP contribution is -2.30. The number of carbonyl (C=O) groups excluding carboxylic acids is 2. The SMILES string of the molecule is COc1ccc(/C(O)=C2\C(=O)C(=O)N(c3nc4ccc(C)cc4[nH]3)C2c2ccc(OC(C)C)cc2)cc1C(C)(C)C. The fourth-order valence-corrected chi connectivity index (χ4v) is 5.19. The van der Waals surface area contributed by atoms with E-state index in [4.69, 9.17) is 9.47 Å². The number of aromatic amines is 1. The molecule has 212 valence electrons. The summed E-state index contributed by atoms with van der Waals surface area (Å²) in [7, 11) is 1.59. The molecular formula is C33H35N3O5. The standard InChI is InChI=1S/C33H35N3O5/c1-18(2)41-22-12-9-20(10-13-22)28-27(29(37)21-11-15-26(40-7)23(17-21)33(4,5)6)30(38)31(39)36(28)32-34-24-14-8-19(3)16-25(24)35-32/h8-18,28,37H,1-7H3,(H,34,35)/b29-27+. The van der Waals surface area contributed by atoms with E-state index in [9.17, 15) is 14.7 Å². The molecule has 0 radical (unpaired) electrons. The van der Waals surface area contributed by atoms with Gasteiger partial charge in [0.25, 0.3) is 5.78 Å².